The SMILES string of the molecule is CNc1cc(CNC(=O)Cc2ccc3c(c2)OCCO3)nc(-c2ccncc2)n1. The summed E-state index contributed by atoms with van der Waals surface area (Å²) in [6.45, 7) is 1.37. The molecule has 0 bridgehead atoms. The molecule has 1 aliphatic rings. The number of amides is 1. The molecule has 3 heterocycles. The molecule has 148 valence electrons. The van der Waals surface area contributed by atoms with Crippen molar-refractivity contribution in [3.8, 4) is 22.9 Å². The quantitative estimate of drug-likeness (QED) is 0.665. The number of anilines is 1. The van der Waals surface area contributed by atoms with Gasteiger partial charge in [-0.25, -0.2) is 9.97 Å². The van der Waals surface area contributed by atoms with Crippen molar-refractivity contribution in [1.29, 1.82) is 0 Å². The summed E-state index contributed by atoms with van der Waals surface area (Å²) < 4.78 is 11.1. The maximum absolute atomic E-state index is 12.4. The van der Waals surface area contributed by atoms with Gasteiger partial charge >= 0.3 is 0 Å². The fourth-order valence-corrected chi connectivity index (χ4v) is 2.98. The van der Waals surface area contributed by atoms with E-state index in [9.17, 15) is 4.79 Å². The van der Waals surface area contributed by atoms with Crippen molar-refractivity contribution < 1.29 is 14.3 Å². The third-order valence-electron chi connectivity index (χ3n) is 4.41. The summed E-state index contributed by atoms with van der Waals surface area (Å²) in [6.07, 6.45) is 3.64. The minimum atomic E-state index is -0.100. The van der Waals surface area contributed by atoms with E-state index < -0.39 is 0 Å². The van der Waals surface area contributed by atoms with E-state index in [0.29, 0.717) is 48.6 Å². The molecule has 0 saturated heterocycles. The lowest BCUT2D eigenvalue weighted by Crippen LogP contribution is -2.25. The maximum atomic E-state index is 12.4. The Morgan fingerprint density at radius 3 is 2.62 bits per heavy atom. The van der Waals surface area contributed by atoms with Crippen LogP contribution < -0.4 is 20.1 Å². The van der Waals surface area contributed by atoms with Crippen LogP contribution >= 0.6 is 0 Å². The van der Waals surface area contributed by atoms with Crippen LogP contribution in [0.15, 0.2) is 48.8 Å². The molecule has 29 heavy (non-hydrogen) atoms. The molecule has 1 aromatic carbocycles. The predicted molar refractivity (Wildman–Crippen MR) is 108 cm³/mol. The summed E-state index contributed by atoms with van der Waals surface area (Å²) in [4.78, 5) is 25.5. The first-order valence-electron chi connectivity index (χ1n) is 9.32. The van der Waals surface area contributed by atoms with Gasteiger partial charge in [-0.3, -0.25) is 9.78 Å². The molecule has 0 aliphatic carbocycles. The number of nitrogens with zero attached hydrogens (tertiary/aromatic N) is 3. The van der Waals surface area contributed by atoms with Gasteiger partial charge in [0, 0.05) is 31.1 Å². The maximum Gasteiger partial charge on any atom is 0.224 e. The van der Waals surface area contributed by atoms with E-state index in [-0.39, 0.29) is 12.3 Å². The van der Waals surface area contributed by atoms with Gasteiger partial charge in [0.1, 0.15) is 19.0 Å². The molecule has 2 N–H and O–H groups in total. The van der Waals surface area contributed by atoms with Crippen molar-refractivity contribution >= 4 is 11.7 Å². The lowest BCUT2D eigenvalue weighted by atomic mass is 10.1. The van der Waals surface area contributed by atoms with Crippen molar-refractivity contribution in [2.45, 2.75) is 13.0 Å². The number of carbonyl (C=O) groups excluding carboxylic acids is 1. The monoisotopic (exact) mass is 391 g/mol. The summed E-state index contributed by atoms with van der Waals surface area (Å²) in [6, 6.07) is 11.1. The fraction of sp³-hybridized carbons (Fsp3) is 0.238. The summed E-state index contributed by atoms with van der Waals surface area (Å²) in [5.41, 5.74) is 2.44. The Morgan fingerprint density at radius 1 is 1.03 bits per heavy atom. The van der Waals surface area contributed by atoms with Gasteiger partial charge in [0.2, 0.25) is 5.91 Å². The normalized spacial score (nSPS) is 12.3. The van der Waals surface area contributed by atoms with Gasteiger partial charge in [0.25, 0.3) is 0 Å². The van der Waals surface area contributed by atoms with Crippen molar-refractivity contribution in [3.05, 3.63) is 60.0 Å². The summed E-state index contributed by atoms with van der Waals surface area (Å²) in [5, 5.41) is 5.94. The van der Waals surface area contributed by atoms with Gasteiger partial charge in [-0.05, 0) is 29.8 Å². The zero-order valence-corrected chi connectivity index (χ0v) is 16.0. The molecule has 3 aromatic rings. The summed E-state index contributed by atoms with van der Waals surface area (Å²) in [5.74, 6) is 2.55. The fourth-order valence-electron chi connectivity index (χ4n) is 2.98. The van der Waals surface area contributed by atoms with Crippen LogP contribution in [0.3, 0.4) is 0 Å². The molecule has 0 fully saturated rings. The highest BCUT2D eigenvalue weighted by Crippen LogP contribution is 2.30. The molecular weight excluding hydrogens is 370 g/mol. The van der Waals surface area contributed by atoms with Crippen molar-refractivity contribution in [3.63, 3.8) is 0 Å². The van der Waals surface area contributed by atoms with Crippen LogP contribution in [-0.2, 0) is 17.8 Å². The van der Waals surface area contributed by atoms with E-state index in [2.05, 4.69) is 25.6 Å². The van der Waals surface area contributed by atoms with Crippen LogP contribution in [0.5, 0.6) is 11.5 Å². The topological polar surface area (TPSA) is 98.3 Å². The molecule has 4 rings (SSSR count). The zero-order chi connectivity index (χ0) is 20.1. The number of hydrogen-bond acceptors (Lipinski definition) is 7. The number of ether oxygens (including phenoxy) is 2. The Labute approximate surface area is 168 Å². The highest BCUT2D eigenvalue weighted by molar-refractivity contribution is 5.78. The average molecular weight is 391 g/mol. The smallest absolute Gasteiger partial charge is 0.224 e. The van der Waals surface area contributed by atoms with Crippen LogP contribution in [0, 0.1) is 0 Å². The lowest BCUT2D eigenvalue weighted by molar-refractivity contribution is -0.120. The molecule has 0 radical (unpaired) electrons. The summed E-state index contributed by atoms with van der Waals surface area (Å²) in [7, 11) is 1.79. The molecule has 8 heteroatoms. The van der Waals surface area contributed by atoms with Crippen molar-refractivity contribution in [2.24, 2.45) is 0 Å². The van der Waals surface area contributed by atoms with Crippen LogP contribution in [0.25, 0.3) is 11.4 Å². The Balaban J connectivity index is 1.42. The first kappa shape index (κ1) is 18.7. The Bertz CT molecular complexity index is 1010. The Kier molecular flexibility index (Phi) is 5.51. The second kappa shape index (κ2) is 8.55. The van der Waals surface area contributed by atoms with E-state index in [1.54, 1.807) is 19.4 Å². The van der Waals surface area contributed by atoms with Crippen molar-refractivity contribution in [1.82, 2.24) is 20.3 Å². The largest absolute Gasteiger partial charge is 0.486 e. The minimum Gasteiger partial charge on any atom is -0.486 e. The first-order chi connectivity index (χ1) is 14.2. The molecule has 0 saturated carbocycles. The van der Waals surface area contributed by atoms with Crippen LogP contribution in [0.4, 0.5) is 5.82 Å². The number of benzene rings is 1. The first-order valence-corrected chi connectivity index (χ1v) is 9.32. The number of pyridine rings is 1. The van der Waals surface area contributed by atoms with Gasteiger partial charge < -0.3 is 20.1 Å². The van der Waals surface area contributed by atoms with E-state index in [1.807, 2.05) is 36.4 Å². The van der Waals surface area contributed by atoms with E-state index >= 15 is 0 Å². The van der Waals surface area contributed by atoms with E-state index in [1.165, 1.54) is 0 Å². The highest BCUT2D eigenvalue weighted by Gasteiger charge is 2.13. The molecule has 1 aliphatic heterocycles. The Hall–Kier alpha value is -3.68. The number of nitrogens with one attached hydrogen (secondary N) is 2. The number of fused-ring (bicyclic) bond motifs is 1. The second-order valence-corrected chi connectivity index (χ2v) is 6.49. The Morgan fingerprint density at radius 2 is 1.83 bits per heavy atom. The number of carbonyl (C=O) groups is 1. The van der Waals surface area contributed by atoms with Gasteiger partial charge in [-0.2, -0.15) is 0 Å². The molecule has 0 atom stereocenters. The van der Waals surface area contributed by atoms with Gasteiger partial charge in [0.05, 0.1) is 18.7 Å². The third kappa shape index (κ3) is 4.60. The van der Waals surface area contributed by atoms with Crippen LogP contribution in [0.2, 0.25) is 0 Å². The molecule has 8 nitrogen and oxygen atoms in total. The highest BCUT2D eigenvalue weighted by atomic mass is 16.6. The third-order valence-corrected chi connectivity index (χ3v) is 4.41. The predicted octanol–water partition coefficient (Wildman–Crippen LogP) is 2.21. The zero-order valence-electron chi connectivity index (χ0n) is 16.0. The number of rotatable bonds is 6. The van der Waals surface area contributed by atoms with Gasteiger partial charge in [-0.15, -0.1) is 0 Å². The van der Waals surface area contributed by atoms with Crippen LogP contribution in [-0.4, -0.2) is 41.1 Å². The molecule has 0 spiro atoms. The number of hydrogen-bond donors (Lipinski definition) is 2. The molecular formula is C21H21N5O3. The minimum absolute atomic E-state index is 0.100. The van der Waals surface area contributed by atoms with Gasteiger partial charge in [0.15, 0.2) is 17.3 Å². The van der Waals surface area contributed by atoms with Gasteiger partial charge in [-0.1, -0.05) is 6.07 Å². The van der Waals surface area contributed by atoms with Crippen molar-refractivity contribution in [2.75, 3.05) is 25.6 Å². The standard InChI is InChI=1S/C21H21N5O3/c1-22-19-12-16(25-21(26-19)15-4-6-23-7-5-15)13-24-20(27)11-14-2-3-17-18(10-14)29-9-8-28-17/h2-7,10,12H,8-9,11,13H2,1H3,(H,24,27)(H,22,25,26). The molecule has 2 aromatic heterocycles. The molecule has 0 unspecified atom stereocenters. The average Bonchev–Trinajstić information content (AvgIpc) is 2.78. The van der Waals surface area contributed by atoms with E-state index in [4.69, 9.17) is 9.47 Å². The van der Waals surface area contributed by atoms with Crippen LogP contribution in [0.1, 0.15) is 11.3 Å². The number of aromatic nitrogens is 3. The molecule has 1 amide bonds. The second-order valence-electron chi connectivity index (χ2n) is 6.49. The lowest BCUT2D eigenvalue weighted by Gasteiger charge is -2.18. The summed E-state index contributed by atoms with van der Waals surface area (Å²) >= 11 is 0. The van der Waals surface area contributed by atoms with E-state index in [0.717, 1.165) is 11.1 Å².